The van der Waals surface area contributed by atoms with Gasteiger partial charge < -0.3 is 10.1 Å². The summed E-state index contributed by atoms with van der Waals surface area (Å²) in [5.74, 6) is 2.47. The molecule has 0 aliphatic heterocycles. The molecule has 112 valence electrons. The molecule has 1 N–H and O–H groups in total. The number of hydrogen-bond donors (Lipinski definition) is 1. The SMILES string of the molecule is CCC1CC(CNC)(c2ccc(OCC(C)C)cc2)C1. The summed E-state index contributed by atoms with van der Waals surface area (Å²) in [6.45, 7) is 8.52. The average Bonchev–Trinajstić information content (AvgIpc) is 2.41. The molecule has 1 aliphatic rings. The average molecular weight is 275 g/mol. The van der Waals surface area contributed by atoms with E-state index in [0.717, 1.165) is 24.8 Å². The van der Waals surface area contributed by atoms with Crippen molar-refractivity contribution < 1.29 is 4.74 Å². The minimum Gasteiger partial charge on any atom is -0.493 e. The van der Waals surface area contributed by atoms with Crippen molar-refractivity contribution in [3.05, 3.63) is 29.8 Å². The monoisotopic (exact) mass is 275 g/mol. The fourth-order valence-corrected chi connectivity index (χ4v) is 3.32. The molecule has 0 unspecified atom stereocenters. The summed E-state index contributed by atoms with van der Waals surface area (Å²) in [6, 6.07) is 8.79. The summed E-state index contributed by atoms with van der Waals surface area (Å²) in [4.78, 5) is 0. The van der Waals surface area contributed by atoms with Crippen LogP contribution in [0.15, 0.2) is 24.3 Å². The van der Waals surface area contributed by atoms with Gasteiger partial charge in [0.05, 0.1) is 6.61 Å². The number of nitrogens with one attached hydrogen (secondary N) is 1. The fourth-order valence-electron chi connectivity index (χ4n) is 3.32. The maximum Gasteiger partial charge on any atom is 0.119 e. The molecule has 0 bridgehead atoms. The molecule has 1 aromatic carbocycles. The molecule has 0 atom stereocenters. The molecule has 2 rings (SSSR count). The summed E-state index contributed by atoms with van der Waals surface area (Å²) >= 11 is 0. The highest BCUT2D eigenvalue weighted by Crippen LogP contribution is 2.48. The predicted octanol–water partition coefficient (Wildman–Crippen LogP) is 4.00. The van der Waals surface area contributed by atoms with Gasteiger partial charge in [0.15, 0.2) is 0 Å². The van der Waals surface area contributed by atoms with Crippen molar-refractivity contribution in [2.45, 2.75) is 45.4 Å². The molecule has 0 heterocycles. The van der Waals surface area contributed by atoms with Crippen molar-refractivity contribution in [1.29, 1.82) is 0 Å². The van der Waals surface area contributed by atoms with E-state index in [4.69, 9.17) is 4.74 Å². The third-order valence-corrected chi connectivity index (χ3v) is 4.50. The van der Waals surface area contributed by atoms with Gasteiger partial charge in [0.2, 0.25) is 0 Å². The normalized spacial score (nSPS) is 25.6. The first-order valence-corrected chi connectivity index (χ1v) is 7.97. The van der Waals surface area contributed by atoms with Crippen LogP contribution in [0.1, 0.15) is 45.6 Å². The second-order valence-electron chi connectivity index (χ2n) is 6.72. The molecule has 2 nitrogen and oxygen atoms in total. The van der Waals surface area contributed by atoms with Crippen LogP contribution in [0.5, 0.6) is 5.75 Å². The van der Waals surface area contributed by atoms with Gasteiger partial charge in [0.1, 0.15) is 5.75 Å². The molecule has 2 heteroatoms. The van der Waals surface area contributed by atoms with Gasteiger partial charge in [-0.2, -0.15) is 0 Å². The second-order valence-corrected chi connectivity index (χ2v) is 6.72. The van der Waals surface area contributed by atoms with Gasteiger partial charge in [0, 0.05) is 12.0 Å². The summed E-state index contributed by atoms with van der Waals surface area (Å²) in [5.41, 5.74) is 1.82. The summed E-state index contributed by atoms with van der Waals surface area (Å²) < 4.78 is 5.77. The fraction of sp³-hybridized carbons (Fsp3) is 0.667. The van der Waals surface area contributed by atoms with Gasteiger partial charge in [-0.05, 0) is 49.4 Å². The van der Waals surface area contributed by atoms with Crippen molar-refractivity contribution in [3.63, 3.8) is 0 Å². The Morgan fingerprint density at radius 1 is 1.25 bits per heavy atom. The van der Waals surface area contributed by atoms with Gasteiger partial charge in [-0.25, -0.2) is 0 Å². The Bertz CT molecular complexity index is 404. The van der Waals surface area contributed by atoms with Crippen LogP contribution in [0.25, 0.3) is 0 Å². The topological polar surface area (TPSA) is 21.3 Å². The Labute approximate surface area is 123 Å². The second kappa shape index (κ2) is 6.62. The van der Waals surface area contributed by atoms with Crippen LogP contribution in [0.2, 0.25) is 0 Å². The Hall–Kier alpha value is -1.02. The molecule has 0 spiro atoms. The van der Waals surface area contributed by atoms with Gasteiger partial charge in [-0.15, -0.1) is 0 Å². The highest BCUT2D eigenvalue weighted by Gasteiger charge is 2.43. The van der Waals surface area contributed by atoms with E-state index in [9.17, 15) is 0 Å². The van der Waals surface area contributed by atoms with E-state index in [1.165, 1.54) is 24.8 Å². The molecule has 0 aromatic heterocycles. The van der Waals surface area contributed by atoms with E-state index in [1.54, 1.807) is 0 Å². The van der Waals surface area contributed by atoms with Crippen LogP contribution in [-0.2, 0) is 5.41 Å². The number of likely N-dealkylation sites (N-methyl/N-ethyl adjacent to an activating group) is 1. The van der Waals surface area contributed by atoms with Crippen LogP contribution in [-0.4, -0.2) is 20.2 Å². The minimum atomic E-state index is 0.353. The lowest BCUT2D eigenvalue weighted by atomic mass is 9.58. The standard InChI is InChI=1S/C18H29NO/c1-5-15-10-18(11-15,13-19-4)16-6-8-17(9-7-16)20-12-14(2)3/h6-9,14-15,19H,5,10-13H2,1-4H3. The van der Waals surface area contributed by atoms with E-state index < -0.39 is 0 Å². The lowest BCUT2D eigenvalue weighted by molar-refractivity contribution is 0.136. The first-order chi connectivity index (χ1) is 9.59. The maximum atomic E-state index is 5.77. The molecule has 0 radical (unpaired) electrons. The highest BCUT2D eigenvalue weighted by molar-refractivity contribution is 5.35. The number of ether oxygens (including phenoxy) is 1. The lowest BCUT2D eigenvalue weighted by Gasteiger charge is -2.48. The number of hydrogen-bond acceptors (Lipinski definition) is 2. The Kier molecular flexibility index (Phi) is 5.09. The zero-order valence-corrected chi connectivity index (χ0v) is 13.4. The first-order valence-electron chi connectivity index (χ1n) is 7.97. The Morgan fingerprint density at radius 2 is 1.90 bits per heavy atom. The molecule has 1 aliphatic carbocycles. The van der Waals surface area contributed by atoms with Crippen LogP contribution in [0.4, 0.5) is 0 Å². The van der Waals surface area contributed by atoms with Crippen LogP contribution in [0.3, 0.4) is 0 Å². The zero-order valence-electron chi connectivity index (χ0n) is 13.4. The van der Waals surface area contributed by atoms with Crippen LogP contribution < -0.4 is 10.1 Å². The van der Waals surface area contributed by atoms with Gasteiger partial charge >= 0.3 is 0 Å². The van der Waals surface area contributed by atoms with E-state index in [1.807, 2.05) is 0 Å². The predicted molar refractivity (Wildman–Crippen MR) is 85.4 cm³/mol. The molecule has 0 saturated heterocycles. The number of benzene rings is 1. The van der Waals surface area contributed by atoms with Crippen LogP contribution in [0, 0.1) is 11.8 Å². The molecule has 1 fully saturated rings. The summed E-state index contributed by atoms with van der Waals surface area (Å²) in [7, 11) is 2.06. The quantitative estimate of drug-likeness (QED) is 0.812. The molecular formula is C18H29NO. The van der Waals surface area contributed by atoms with Crippen molar-refractivity contribution in [2.24, 2.45) is 11.8 Å². The Morgan fingerprint density at radius 3 is 2.40 bits per heavy atom. The molecule has 20 heavy (non-hydrogen) atoms. The summed E-state index contributed by atoms with van der Waals surface area (Å²) in [5, 5.41) is 3.38. The lowest BCUT2D eigenvalue weighted by Crippen LogP contribution is -2.47. The number of rotatable bonds is 7. The smallest absolute Gasteiger partial charge is 0.119 e. The largest absolute Gasteiger partial charge is 0.493 e. The van der Waals surface area contributed by atoms with Gasteiger partial charge in [-0.1, -0.05) is 39.3 Å². The third kappa shape index (κ3) is 3.35. The molecule has 1 aromatic rings. The Balaban J connectivity index is 2.03. The maximum absolute atomic E-state index is 5.77. The van der Waals surface area contributed by atoms with E-state index >= 15 is 0 Å². The van der Waals surface area contributed by atoms with Gasteiger partial charge in [0.25, 0.3) is 0 Å². The van der Waals surface area contributed by atoms with Gasteiger partial charge in [-0.3, -0.25) is 0 Å². The zero-order chi connectivity index (χ0) is 14.6. The highest BCUT2D eigenvalue weighted by atomic mass is 16.5. The molecule has 0 amide bonds. The first kappa shape index (κ1) is 15.4. The van der Waals surface area contributed by atoms with Crippen molar-refractivity contribution >= 4 is 0 Å². The van der Waals surface area contributed by atoms with Crippen molar-refractivity contribution in [1.82, 2.24) is 5.32 Å². The van der Waals surface area contributed by atoms with E-state index in [2.05, 4.69) is 57.4 Å². The minimum absolute atomic E-state index is 0.353. The third-order valence-electron chi connectivity index (χ3n) is 4.50. The molecular weight excluding hydrogens is 246 g/mol. The van der Waals surface area contributed by atoms with Crippen LogP contribution >= 0.6 is 0 Å². The van der Waals surface area contributed by atoms with Crippen molar-refractivity contribution in [3.8, 4) is 5.75 Å². The van der Waals surface area contributed by atoms with E-state index in [0.29, 0.717) is 11.3 Å². The van der Waals surface area contributed by atoms with Crippen molar-refractivity contribution in [2.75, 3.05) is 20.2 Å². The van der Waals surface area contributed by atoms with E-state index in [-0.39, 0.29) is 0 Å². The summed E-state index contributed by atoms with van der Waals surface area (Å²) in [6.07, 6.45) is 3.94. The molecule has 1 saturated carbocycles.